The minimum atomic E-state index is -0.757. The number of carbonyl (C=O) groups is 1. The van der Waals surface area contributed by atoms with Crippen molar-refractivity contribution < 1.29 is 47.4 Å². The highest BCUT2D eigenvalue weighted by Crippen LogP contribution is 2.48. The molecule has 1 spiro atoms. The third-order valence-corrected chi connectivity index (χ3v) is 12.8. The monoisotopic (exact) mass is 800 g/mol. The van der Waals surface area contributed by atoms with Crippen LogP contribution in [0.1, 0.15) is 76.5 Å². The molecule has 58 heavy (non-hydrogen) atoms. The molecule has 0 radical (unpaired) electrons. The first-order chi connectivity index (χ1) is 28.2. The van der Waals surface area contributed by atoms with Gasteiger partial charge in [-0.3, -0.25) is 4.79 Å². The number of carbonyl (C=O) groups excluding carboxylic acids is 1. The molecule has 10 heteroatoms. The zero-order valence-corrected chi connectivity index (χ0v) is 34.9. The summed E-state index contributed by atoms with van der Waals surface area (Å²) in [4.78, 5) is 14.5. The van der Waals surface area contributed by atoms with Gasteiger partial charge in [0.15, 0.2) is 11.6 Å². The Bertz CT molecular complexity index is 1670. The number of fused-ring (bicyclic) bond motifs is 1. The summed E-state index contributed by atoms with van der Waals surface area (Å²) in [5, 5.41) is 0. The topological polar surface area (TPSA) is 100 Å². The molecule has 4 fully saturated rings. The van der Waals surface area contributed by atoms with E-state index in [0.717, 1.165) is 42.4 Å². The summed E-state index contributed by atoms with van der Waals surface area (Å²) < 4.78 is 59.1. The maximum atomic E-state index is 14.5. The molecule has 0 aliphatic carbocycles. The van der Waals surface area contributed by atoms with Crippen molar-refractivity contribution in [2.45, 2.75) is 134 Å². The molecule has 0 amide bonds. The third-order valence-electron chi connectivity index (χ3n) is 12.8. The molecule has 4 aliphatic rings. The summed E-state index contributed by atoms with van der Waals surface area (Å²) in [5.41, 5.74) is 3.22. The summed E-state index contributed by atoms with van der Waals surface area (Å²) >= 11 is 0. The van der Waals surface area contributed by atoms with E-state index in [1.54, 1.807) is 7.11 Å². The first-order valence-electron chi connectivity index (χ1n) is 21.4. The molecule has 0 unspecified atom stereocenters. The first kappa shape index (κ1) is 43.1. The average Bonchev–Trinajstić information content (AvgIpc) is 3.71. The van der Waals surface area contributed by atoms with E-state index in [0.29, 0.717) is 33.0 Å². The minimum Gasteiger partial charge on any atom is -0.374 e. The lowest BCUT2D eigenvalue weighted by molar-refractivity contribution is -0.349. The number of methoxy groups -OCH3 is 1. The van der Waals surface area contributed by atoms with Crippen LogP contribution in [0.15, 0.2) is 91.0 Å². The second-order valence-electron chi connectivity index (χ2n) is 17.0. The van der Waals surface area contributed by atoms with Crippen LogP contribution in [-0.2, 0) is 67.2 Å². The van der Waals surface area contributed by atoms with Crippen LogP contribution in [0, 0.1) is 23.7 Å². The van der Waals surface area contributed by atoms with E-state index in [4.69, 9.17) is 42.6 Å². The van der Waals surface area contributed by atoms with Crippen molar-refractivity contribution in [2.75, 3.05) is 27.1 Å². The molecule has 0 N–H and O–H groups in total. The van der Waals surface area contributed by atoms with E-state index in [1.807, 2.05) is 66.7 Å². The van der Waals surface area contributed by atoms with Gasteiger partial charge >= 0.3 is 0 Å². The quantitative estimate of drug-likeness (QED) is 0.132. The smallest absolute Gasteiger partial charge is 0.171 e. The van der Waals surface area contributed by atoms with Gasteiger partial charge in [-0.25, -0.2) is 0 Å². The van der Waals surface area contributed by atoms with Crippen molar-refractivity contribution in [1.82, 2.24) is 0 Å². The van der Waals surface area contributed by atoms with Crippen LogP contribution in [0.2, 0.25) is 0 Å². The van der Waals surface area contributed by atoms with Crippen molar-refractivity contribution in [3.8, 4) is 0 Å². The number of ether oxygens (including phenoxy) is 9. The zero-order chi connectivity index (χ0) is 40.5. The molecule has 0 saturated carbocycles. The van der Waals surface area contributed by atoms with Crippen LogP contribution in [0.5, 0.6) is 0 Å². The highest BCUT2D eigenvalue weighted by molar-refractivity contribution is 5.84. The zero-order valence-electron chi connectivity index (χ0n) is 34.9. The van der Waals surface area contributed by atoms with Gasteiger partial charge in [-0.1, -0.05) is 119 Å². The number of rotatable bonds is 16. The van der Waals surface area contributed by atoms with E-state index in [2.05, 4.69) is 52.0 Å². The van der Waals surface area contributed by atoms with Gasteiger partial charge in [0.05, 0.1) is 63.6 Å². The lowest BCUT2D eigenvalue weighted by Crippen LogP contribution is -2.63. The molecule has 4 heterocycles. The Morgan fingerprint density at radius 3 is 2.09 bits per heavy atom. The molecule has 3 aromatic carbocycles. The van der Waals surface area contributed by atoms with Crippen molar-refractivity contribution in [1.29, 1.82) is 0 Å². The number of benzene rings is 3. The normalized spacial score (nSPS) is 33.9. The van der Waals surface area contributed by atoms with Gasteiger partial charge < -0.3 is 42.6 Å². The Morgan fingerprint density at radius 1 is 0.793 bits per heavy atom. The fraction of sp³-hybridized carbons (Fsp3) is 0.604. The van der Waals surface area contributed by atoms with Gasteiger partial charge in [0.25, 0.3) is 0 Å². The maximum Gasteiger partial charge on any atom is 0.171 e. The van der Waals surface area contributed by atoms with E-state index < -0.39 is 36.3 Å². The second kappa shape index (κ2) is 20.5. The largest absolute Gasteiger partial charge is 0.374 e. The van der Waals surface area contributed by atoms with Gasteiger partial charge in [-0.15, -0.1) is 0 Å². The molecular formula is C48H64O10. The van der Waals surface area contributed by atoms with Crippen molar-refractivity contribution in [3.05, 3.63) is 108 Å². The van der Waals surface area contributed by atoms with Crippen LogP contribution in [0.25, 0.3) is 0 Å². The number of ketones is 1. The van der Waals surface area contributed by atoms with Gasteiger partial charge in [0.2, 0.25) is 0 Å². The van der Waals surface area contributed by atoms with Crippen LogP contribution >= 0.6 is 0 Å². The SMILES string of the molecule is COCO[C@@H]1[C@@H](C)[C@H](C)[C@@]2(CCCO2)O[C@H]1[C@@H](OCc1ccccc1)[C@H](C)[C@H]1O[C@H]2C[C@@H](C)C[C@@H](OCc3ccccc3)[C@H](COCc3ccccc3)O[C@@H]2CC1=O. The van der Waals surface area contributed by atoms with Crippen molar-refractivity contribution >= 4 is 5.78 Å². The summed E-state index contributed by atoms with van der Waals surface area (Å²) in [7, 11) is 1.63. The Labute approximate surface area is 345 Å². The van der Waals surface area contributed by atoms with Crippen molar-refractivity contribution in [2.24, 2.45) is 23.7 Å². The number of hydrogen-bond donors (Lipinski definition) is 0. The molecule has 0 aromatic heterocycles. The standard InChI is InChI=1S/C48H64O10/c1-32-24-40(52-28-37-18-11-7-12-19-37)43(30-51-27-36-16-9-6-10-17-36)56-42-26-39(49)44(57-41(42)25-32)34(3)46(53-29-38-20-13-8-14-21-38)47-45(54-31-50-5)33(2)35(4)48(58-47)22-15-23-55-48/h6-14,16-21,32-35,40-47H,15,22-31H2,1-5H3/t32-,33-,34+,35-,40+,41-,42+,43-,44+,45+,46-,47+,48+/m0/s1. The molecular weight excluding hydrogens is 737 g/mol. The highest BCUT2D eigenvalue weighted by atomic mass is 16.7. The Hall–Kier alpha value is -3.03. The molecule has 7 rings (SSSR count). The fourth-order valence-electron chi connectivity index (χ4n) is 9.49. The van der Waals surface area contributed by atoms with E-state index in [1.165, 1.54) is 0 Å². The predicted octanol–water partition coefficient (Wildman–Crippen LogP) is 8.09. The maximum absolute atomic E-state index is 14.5. The second-order valence-corrected chi connectivity index (χ2v) is 17.0. The van der Waals surface area contributed by atoms with Gasteiger partial charge in [0, 0.05) is 31.8 Å². The summed E-state index contributed by atoms with van der Waals surface area (Å²) in [6.07, 6.45) is -0.179. The van der Waals surface area contributed by atoms with Gasteiger partial charge in [0.1, 0.15) is 25.1 Å². The lowest BCUT2D eigenvalue weighted by Gasteiger charge is -2.53. The molecule has 3 aromatic rings. The molecule has 316 valence electrons. The van der Waals surface area contributed by atoms with Crippen LogP contribution in [-0.4, -0.2) is 87.5 Å². The third kappa shape index (κ3) is 10.5. The Morgan fingerprint density at radius 2 is 1.45 bits per heavy atom. The van der Waals surface area contributed by atoms with E-state index >= 15 is 0 Å². The molecule has 4 aliphatic heterocycles. The molecule has 10 nitrogen and oxygen atoms in total. The van der Waals surface area contributed by atoms with Crippen LogP contribution < -0.4 is 0 Å². The summed E-state index contributed by atoms with van der Waals surface area (Å²) in [6, 6.07) is 30.4. The summed E-state index contributed by atoms with van der Waals surface area (Å²) in [5.74, 6) is -0.787. The predicted molar refractivity (Wildman–Crippen MR) is 219 cm³/mol. The Kier molecular flexibility index (Phi) is 15.2. The summed E-state index contributed by atoms with van der Waals surface area (Å²) in [6.45, 7) is 11.0. The lowest BCUT2D eigenvalue weighted by atomic mass is 9.74. The van der Waals surface area contributed by atoms with Gasteiger partial charge in [-0.05, 0) is 47.8 Å². The van der Waals surface area contributed by atoms with Crippen LogP contribution in [0.3, 0.4) is 0 Å². The molecule has 13 atom stereocenters. The minimum absolute atomic E-state index is 0.0144. The number of hydrogen-bond acceptors (Lipinski definition) is 10. The molecule has 4 saturated heterocycles. The Balaban J connectivity index is 1.12. The number of Topliss-reactive ketones (excluding diaryl/α,β-unsaturated/α-hetero) is 1. The highest BCUT2D eigenvalue weighted by Gasteiger charge is 2.58. The van der Waals surface area contributed by atoms with Gasteiger partial charge in [-0.2, -0.15) is 0 Å². The van der Waals surface area contributed by atoms with Crippen LogP contribution in [0.4, 0.5) is 0 Å². The first-order valence-corrected chi connectivity index (χ1v) is 21.4. The van der Waals surface area contributed by atoms with Crippen molar-refractivity contribution in [3.63, 3.8) is 0 Å². The van der Waals surface area contributed by atoms with E-state index in [-0.39, 0.29) is 61.0 Å². The fourth-order valence-corrected chi connectivity index (χ4v) is 9.49. The van der Waals surface area contributed by atoms with E-state index in [9.17, 15) is 4.79 Å². The molecule has 0 bridgehead atoms. The average molecular weight is 801 g/mol.